The van der Waals surface area contributed by atoms with Gasteiger partial charge in [-0.2, -0.15) is 9.40 Å². The van der Waals surface area contributed by atoms with E-state index in [4.69, 9.17) is 4.42 Å². The van der Waals surface area contributed by atoms with Gasteiger partial charge in [0, 0.05) is 31.4 Å². The number of hydrogen-bond donors (Lipinski definition) is 1. The van der Waals surface area contributed by atoms with Crippen molar-refractivity contribution in [3.8, 4) is 11.6 Å². The molecule has 2 aromatic heterocycles. The molecule has 10 nitrogen and oxygen atoms in total. The number of aryl methyl sites for hydroxylation is 2. The van der Waals surface area contributed by atoms with E-state index >= 15 is 0 Å². The Labute approximate surface area is 186 Å². The molecule has 0 bridgehead atoms. The van der Waals surface area contributed by atoms with Crippen molar-refractivity contribution in [2.75, 3.05) is 18.4 Å². The highest BCUT2D eigenvalue weighted by molar-refractivity contribution is 7.89. The highest BCUT2D eigenvalue weighted by Crippen LogP contribution is 2.27. The Kier molecular flexibility index (Phi) is 5.87. The van der Waals surface area contributed by atoms with E-state index in [0.717, 1.165) is 12.1 Å². The van der Waals surface area contributed by atoms with Crippen molar-refractivity contribution in [3.63, 3.8) is 0 Å². The molecule has 0 aliphatic carbocycles. The first-order valence-electron chi connectivity index (χ1n) is 10.4. The molecule has 2 unspecified atom stereocenters. The molecule has 0 radical (unpaired) electrons. The number of anilines is 1. The van der Waals surface area contributed by atoms with Crippen molar-refractivity contribution >= 4 is 21.9 Å². The van der Waals surface area contributed by atoms with E-state index < -0.39 is 15.9 Å². The van der Waals surface area contributed by atoms with Gasteiger partial charge < -0.3 is 4.42 Å². The standard InChI is InChI=1S/C21H26N6O4S/c1-13-9-14(2)12-27(11-13)32(29,30)17-7-5-16(6-8-17)19(28)22-21-24-23-20(31-21)18-10-15(3)26(4)25-18/h5-8,10,13-14H,9,11-12H2,1-4H3,(H,22,24,28). The summed E-state index contributed by atoms with van der Waals surface area (Å²) in [5.74, 6) is 0.331. The van der Waals surface area contributed by atoms with Crippen LogP contribution in [0.25, 0.3) is 11.6 Å². The fraction of sp³-hybridized carbons (Fsp3) is 0.429. The van der Waals surface area contributed by atoms with Gasteiger partial charge in [-0.1, -0.05) is 18.9 Å². The van der Waals surface area contributed by atoms with Crippen LogP contribution in [0.1, 0.15) is 36.3 Å². The molecule has 170 valence electrons. The lowest BCUT2D eigenvalue weighted by molar-refractivity contribution is 0.102. The number of benzene rings is 1. The molecule has 2 atom stereocenters. The first-order valence-corrected chi connectivity index (χ1v) is 11.8. The second-order valence-corrected chi connectivity index (χ2v) is 10.4. The predicted octanol–water partition coefficient (Wildman–Crippen LogP) is 2.70. The average Bonchev–Trinajstić information content (AvgIpc) is 3.33. The molecular weight excluding hydrogens is 432 g/mol. The minimum absolute atomic E-state index is 0.0682. The summed E-state index contributed by atoms with van der Waals surface area (Å²) in [6.07, 6.45) is 1.02. The van der Waals surface area contributed by atoms with Crippen LogP contribution >= 0.6 is 0 Å². The van der Waals surface area contributed by atoms with Gasteiger partial charge in [0.1, 0.15) is 5.69 Å². The lowest BCUT2D eigenvalue weighted by Crippen LogP contribution is -2.42. The Morgan fingerprint density at radius 3 is 2.38 bits per heavy atom. The molecule has 1 aliphatic heterocycles. The quantitative estimate of drug-likeness (QED) is 0.623. The highest BCUT2D eigenvalue weighted by Gasteiger charge is 2.31. The average molecular weight is 459 g/mol. The van der Waals surface area contributed by atoms with E-state index in [2.05, 4.69) is 34.5 Å². The van der Waals surface area contributed by atoms with Gasteiger partial charge in [0.15, 0.2) is 0 Å². The van der Waals surface area contributed by atoms with Crippen molar-refractivity contribution in [1.29, 1.82) is 0 Å². The maximum atomic E-state index is 13.0. The van der Waals surface area contributed by atoms with Crippen LogP contribution < -0.4 is 5.32 Å². The first kappa shape index (κ1) is 22.2. The summed E-state index contributed by atoms with van der Waals surface area (Å²) in [5, 5.41) is 14.5. The van der Waals surface area contributed by atoms with Gasteiger partial charge in [-0.3, -0.25) is 14.8 Å². The maximum Gasteiger partial charge on any atom is 0.322 e. The summed E-state index contributed by atoms with van der Waals surface area (Å²) in [7, 11) is -1.81. The molecule has 32 heavy (non-hydrogen) atoms. The first-order chi connectivity index (χ1) is 15.1. The van der Waals surface area contributed by atoms with Gasteiger partial charge >= 0.3 is 6.01 Å². The van der Waals surface area contributed by atoms with Gasteiger partial charge in [0.2, 0.25) is 10.0 Å². The molecule has 3 aromatic rings. The van der Waals surface area contributed by atoms with Crippen molar-refractivity contribution in [2.45, 2.75) is 32.1 Å². The SMILES string of the molecule is Cc1cc(-c2nnc(NC(=O)c3ccc(S(=O)(=O)N4CC(C)CC(C)C4)cc3)o2)nn1C. The Bertz CT molecular complexity index is 1200. The van der Waals surface area contributed by atoms with Crippen LogP contribution in [0, 0.1) is 18.8 Å². The molecule has 11 heteroatoms. The van der Waals surface area contributed by atoms with Crippen molar-refractivity contribution < 1.29 is 17.6 Å². The molecule has 1 aromatic carbocycles. The van der Waals surface area contributed by atoms with E-state index in [0.29, 0.717) is 30.6 Å². The topological polar surface area (TPSA) is 123 Å². The van der Waals surface area contributed by atoms with Gasteiger partial charge in [-0.05, 0) is 55.5 Å². The number of amides is 1. The molecule has 1 saturated heterocycles. The smallest absolute Gasteiger partial charge is 0.322 e. The molecule has 0 saturated carbocycles. The number of carbonyl (C=O) groups excluding carboxylic acids is 1. The minimum atomic E-state index is -3.61. The Hall–Kier alpha value is -3.05. The second-order valence-electron chi connectivity index (χ2n) is 8.45. The summed E-state index contributed by atoms with van der Waals surface area (Å²) in [6.45, 7) is 7.02. The van der Waals surface area contributed by atoms with Crippen molar-refractivity contribution in [3.05, 3.63) is 41.6 Å². The Balaban J connectivity index is 1.45. The number of hydrogen-bond acceptors (Lipinski definition) is 7. The van der Waals surface area contributed by atoms with Crippen LogP contribution in [-0.2, 0) is 17.1 Å². The maximum absolute atomic E-state index is 13.0. The number of sulfonamides is 1. The third kappa shape index (κ3) is 4.44. The van der Waals surface area contributed by atoms with Crippen LogP contribution in [0.2, 0.25) is 0 Å². The van der Waals surface area contributed by atoms with Gasteiger partial charge in [0.05, 0.1) is 4.90 Å². The van der Waals surface area contributed by atoms with Crippen LogP contribution in [0.3, 0.4) is 0 Å². The Morgan fingerprint density at radius 2 is 1.78 bits per heavy atom. The zero-order valence-corrected chi connectivity index (χ0v) is 19.3. The fourth-order valence-electron chi connectivity index (χ4n) is 3.94. The normalized spacial score (nSPS) is 19.8. The summed E-state index contributed by atoms with van der Waals surface area (Å²) in [5.41, 5.74) is 1.71. The van der Waals surface area contributed by atoms with Crippen LogP contribution in [0.15, 0.2) is 39.6 Å². The molecule has 4 rings (SSSR count). The van der Waals surface area contributed by atoms with E-state index in [1.165, 1.54) is 28.6 Å². The van der Waals surface area contributed by atoms with E-state index in [1.54, 1.807) is 17.8 Å². The summed E-state index contributed by atoms with van der Waals surface area (Å²) < 4.78 is 34.7. The van der Waals surface area contributed by atoms with Crippen LogP contribution in [0.4, 0.5) is 6.01 Å². The highest BCUT2D eigenvalue weighted by atomic mass is 32.2. The largest absolute Gasteiger partial charge is 0.401 e. The minimum Gasteiger partial charge on any atom is -0.401 e. The van der Waals surface area contributed by atoms with E-state index in [-0.39, 0.29) is 22.4 Å². The number of rotatable bonds is 5. The van der Waals surface area contributed by atoms with Gasteiger partial charge in [-0.25, -0.2) is 8.42 Å². The molecule has 1 aliphatic rings. The van der Waals surface area contributed by atoms with Gasteiger partial charge in [0.25, 0.3) is 11.8 Å². The second kappa shape index (κ2) is 8.47. The molecule has 1 amide bonds. The lowest BCUT2D eigenvalue weighted by Gasteiger charge is -2.34. The lowest BCUT2D eigenvalue weighted by atomic mass is 9.94. The monoisotopic (exact) mass is 458 g/mol. The van der Waals surface area contributed by atoms with Crippen molar-refractivity contribution in [1.82, 2.24) is 24.3 Å². The van der Waals surface area contributed by atoms with Crippen molar-refractivity contribution in [2.24, 2.45) is 18.9 Å². The number of aromatic nitrogens is 4. The zero-order chi connectivity index (χ0) is 23.0. The van der Waals surface area contributed by atoms with E-state index in [9.17, 15) is 13.2 Å². The predicted molar refractivity (Wildman–Crippen MR) is 117 cm³/mol. The number of piperidine rings is 1. The third-order valence-corrected chi connectivity index (χ3v) is 7.41. The molecular formula is C21H26N6O4S. The molecule has 1 fully saturated rings. The number of nitrogens with one attached hydrogen (secondary N) is 1. The summed E-state index contributed by atoms with van der Waals surface area (Å²) in [6, 6.07) is 7.56. The van der Waals surface area contributed by atoms with E-state index in [1.807, 2.05) is 6.92 Å². The van der Waals surface area contributed by atoms with Gasteiger partial charge in [-0.15, -0.1) is 5.10 Å². The number of carbonyl (C=O) groups is 1. The number of nitrogens with zero attached hydrogens (tertiary/aromatic N) is 5. The molecule has 1 N–H and O–H groups in total. The molecule has 3 heterocycles. The molecule has 0 spiro atoms. The van der Waals surface area contributed by atoms with Crippen LogP contribution in [0.5, 0.6) is 0 Å². The third-order valence-electron chi connectivity index (χ3n) is 5.57. The van der Waals surface area contributed by atoms with Crippen LogP contribution in [-0.4, -0.2) is 51.7 Å². The Morgan fingerprint density at radius 1 is 1.12 bits per heavy atom. The fourth-order valence-corrected chi connectivity index (χ4v) is 5.62. The zero-order valence-electron chi connectivity index (χ0n) is 18.4. The summed E-state index contributed by atoms with van der Waals surface area (Å²) >= 11 is 0. The summed E-state index contributed by atoms with van der Waals surface area (Å²) in [4.78, 5) is 12.7.